The third-order valence-electron chi connectivity index (χ3n) is 2.53. The molecule has 74 valence electrons. The van der Waals surface area contributed by atoms with Gasteiger partial charge in [-0.05, 0) is 12.8 Å². The molecule has 0 radical (unpaired) electrons. The second-order valence-corrected chi connectivity index (χ2v) is 3.43. The summed E-state index contributed by atoms with van der Waals surface area (Å²) in [5, 5.41) is 11.2. The number of hydrogen-bond donors (Lipinski definition) is 2. The smallest absolute Gasteiger partial charge is 0.320 e. The number of amides is 1. The highest BCUT2D eigenvalue weighted by Gasteiger charge is 2.42. The number of carboxylic acids is 1. The number of ketones is 1. The summed E-state index contributed by atoms with van der Waals surface area (Å²) in [5.41, 5.74) is 0.687. The Balaban J connectivity index is 2.43. The van der Waals surface area contributed by atoms with Crippen molar-refractivity contribution in [2.45, 2.75) is 19.3 Å². The highest BCUT2D eigenvalue weighted by Crippen LogP contribution is 2.31. The number of allylic oxidation sites excluding steroid dienone is 1. The summed E-state index contributed by atoms with van der Waals surface area (Å²) in [6.45, 7) is 0. The van der Waals surface area contributed by atoms with Crippen molar-refractivity contribution in [3.8, 4) is 0 Å². The van der Waals surface area contributed by atoms with Gasteiger partial charge in [-0.25, -0.2) is 0 Å². The Kier molecular flexibility index (Phi) is 1.87. The minimum absolute atomic E-state index is 0.175. The van der Waals surface area contributed by atoms with Crippen LogP contribution in [0.3, 0.4) is 0 Å². The summed E-state index contributed by atoms with van der Waals surface area (Å²) in [7, 11) is 0. The van der Waals surface area contributed by atoms with Gasteiger partial charge in [-0.3, -0.25) is 14.4 Å². The molecule has 14 heavy (non-hydrogen) atoms. The van der Waals surface area contributed by atoms with Crippen LogP contribution in [0.2, 0.25) is 0 Å². The molecule has 1 heterocycles. The van der Waals surface area contributed by atoms with Crippen LogP contribution in [0.4, 0.5) is 0 Å². The van der Waals surface area contributed by atoms with Gasteiger partial charge in [0.2, 0.25) is 5.91 Å². The standard InChI is InChI=1S/C9H9NO4/c11-5-3-1-2-4-6(5)7(9(13)14)8(12)10-4/h7H,1-3H2,(H,10,12)(H,13,14). The van der Waals surface area contributed by atoms with Gasteiger partial charge in [0.15, 0.2) is 11.7 Å². The molecule has 1 unspecified atom stereocenters. The molecule has 5 nitrogen and oxygen atoms in total. The van der Waals surface area contributed by atoms with Crippen molar-refractivity contribution in [1.82, 2.24) is 5.32 Å². The molecule has 0 aromatic rings. The zero-order chi connectivity index (χ0) is 10.3. The minimum Gasteiger partial charge on any atom is -0.480 e. The molecule has 1 amide bonds. The fraction of sp³-hybridized carbons (Fsp3) is 0.444. The van der Waals surface area contributed by atoms with E-state index >= 15 is 0 Å². The average Bonchev–Trinajstić information content (AvgIpc) is 2.42. The van der Waals surface area contributed by atoms with Gasteiger partial charge in [-0.2, -0.15) is 0 Å². The molecule has 0 bridgehead atoms. The molecule has 2 N–H and O–H groups in total. The summed E-state index contributed by atoms with van der Waals surface area (Å²) in [6, 6.07) is 0. The van der Waals surface area contributed by atoms with Crippen molar-refractivity contribution in [2.75, 3.05) is 0 Å². The first-order chi connectivity index (χ1) is 6.61. The summed E-state index contributed by atoms with van der Waals surface area (Å²) in [4.78, 5) is 33.4. The number of rotatable bonds is 1. The zero-order valence-electron chi connectivity index (χ0n) is 7.37. The van der Waals surface area contributed by atoms with Gasteiger partial charge in [0.25, 0.3) is 0 Å². The van der Waals surface area contributed by atoms with Gasteiger partial charge in [-0.1, -0.05) is 0 Å². The highest BCUT2D eigenvalue weighted by atomic mass is 16.4. The first kappa shape index (κ1) is 8.93. The Morgan fingerprint density at radius 1 is 1.36 bits per heavy atom. The fourth-order valence-electron chi connectivity index (χ4n) is 1.92. The van der Waals surface area contributed by atoms with E-state index in [-0.39, 0.29) is 11.4 Å². The van der Waals surface area contributed by atoms with Crippen LogP contribution in [0.25, 0.3) is 0 Å². The van der Waals surface area contributed by atoms with Gasteiger partial charge in [-0.15, -0.1) is 0 Å². The number of carbonyl (C=O) groups excluding carboxylic acids is 2. The van der Waals surface area contributed by atoms with E-state index in [9.17, 15) is 14.4 Å². The van der Waals surface area contributed by atoms with Crippen molar-refractivity contribution in [2.24, 2.45) is 5.92 Å². The second-order valence-electron chi connectivity index (χ2n) is 3.43. The molecule has 2 aliphatic rings. The molecule has 1 aliphatic carbocycles. The van der Waals surface area contributed by atoms with Crippen LogP contribution in [-0.4, -0.2) is 22.8 Å². The maximum absolute atomic E-state index is 11.4. The van der Waals surface area contributed by atoms with Gasteiger partial charge in [0.05, 0.1) is 0 Å². The third kappa shape index (κ3) is 1.13. The molecule has 5 heteroatoms. The largest absolute Gasteiger partial charge is 0.480 e. The molecule has 0 aromatic carbocycles. The maximum atomic E-state index is 11.4. The molecule has 1 atom stereocenters. The minimum atomic E-state index is -1.28. The number of carbonyl (C=O) groups is 3. The lowest BCUT2D eigenvalue weighted by molar-refractivity contribution is -0.145. The number of carboxylic acid groups (broad SMARTS) is 1. The van der Waals surface area contributed by atoms with Crippen molar-refractivity contribution in [3.63, 3.8) is 0 Å². The van der Waals surface area contributed by atoms with Crippen molar-refractivity contribution in [1.29, 1.82) is 0 Å². The van der Waals surface area contributed by atoms with Crippen LogP contribution >= 0.6 is 0 Å². The van der Waals surface area contributed by atoms with Gasteiger partial charge in [0, 0.05) is 17.7 Å². The maximum Gasteiger partial charge on any atom is 0.320 e. The molecule has 0 spiro atoms. The Labute approximate surface area is 79.8 Å². The number of nitrogens with one attached hydrogen (secondary N) is 1. The first-order valence-corrected chi connectivity index (χ1v) is 4.41. The van der Waals surface area contributed by atoms with Crippen LogP contribution < -0.4 is 5.32 Å². The van der Waals surface area contributed by atoms with E-state index in [0.29, 0.717) is 25.0 Å². The molecular formula is C9H9NO4. The second kappa shape index (κ2) is 2.94. The lowest BCUT2D eigenvalue weighted by Crippen LogP contribution is -2.28. The monoisotopic (exact) mass is 195 g/mol. The summed E-state index contributed by atoms with van der Waals surface area (Å²) < 4.78 is 0. The molecular weight excluding hydrogens is 186 g/mol. The van der Waals surface area contributed by atoms with E-state index in [1.54, 1.807) is 0 Å². The SMILES string of the molecule is O=C1CCCC2=C1C(C(=O)O)C(=O)N2. The Hall–Kier alpha value is -1.65. The zero-order valence-corrected chi connectivity index (χ0v) is 7.37. The molecule has 0 saturated heterocycles. The third-order valence-corrected chi connectivity index (χ3v) is 2.53. The predicted molar refractivity (Wildman–Crippen MR) is 45.2 cm³/mol. The number of Topliss-reactive ketones (excluding diaryl/α,β-unsaturated/α-hetero) is 1. The van der Waals surface area contributed by atoms with Crippen LogP contribution in [0.5, 0.6) is 0 Å². The predicted octanol–water partition coefficient (Wildman–Crippen LogP) is -0.176. The quantitative estimate of drug-likeness (QED) is 0.569. The number of aliphatic carboxylic acids is 1. The normalized spacial score (nSPS) is 26.1. The molecule has 0 fully saturated rings. The van der Waals surface area contributed by atoms with Gasteiger partial charge < -0.3 is 10.4 Å². The first-order valence-electron chi connectivity index (χ1n) is 4.41. The van der Waals surface area contributed by atoms with Crippen LogP contribution in [0, 0.1) is 5.92 Å². The lowest BCUT2D eigenvalue weighted by Gasteiger charge is -2.12. The average molecular weight is 195 g/mol. The van der Waals surface area contributed by atoms with E-state index < -0.39 is 17.8 Å². The summed E-state index contributed by atoms with van der Waals surface area (Å²) in [5.74, 6) is -3.32. The van der Waals surface area contributed by atoms with Crippen molar-refractivity contribution in [3.05, 3.63) is 11.3 Å². The van der Waals surface area contributed by atoms with Crippen molar-refractivity contribution >= 4 is 17.7 Å². The summed E-state index contributed by atoms with van der Waals surface area (Å²) in [6.07, 6.45) is 1.62. The van der Waals surface area contributed by atoms with E-state index in [4.69, 9.17) is 5.11 Å². The van der Waals surface area contributed by atoms with Crippen molar-refractivity contribution < 1.29 is 19.5 Å². The molecule has 0 saturated carbocycles. The Morgan fingerprint density at radius 2 is 2.07 bits per heavy atom. The van der Waals surface area contributed by atoms with E-state index in [0.717, 1.165) is 0 Å². The topological polar surface area (TPSA) is 83.5 Å². The van der Waals surface area contributed by atoms with Gasteiger partial charge >= 0.3 is 5.97 Å². The van der Waals surface area contributed by atoms with E-state index in [2.05, 4.69) is 5.32 Å². The highest BCUT2D eigenvalue weighted by molar-refractivity contribution is 6.14. The summed E-state index contributed by atoms with van der Waals surface area (Å²) >= 11 is 0. The van der Waals surface area contributed by atoms with Gasteiger partial charge in [0.1, 0.15) is 0 Å². The van der Waals surface area contributed by atoms with Crippen LogP contribution in [0.1, 0.15) is 19.3 Å². The fourth-order valence-corrected chi connectivity index (χ4v) is 1.92. The molecule has 1 aliphatic heterocycles. The van der Waals surface area contributed by atoms with Crippen LogP contribution in [0.15, 0.2) is 11.3 Å². The van der Waals surface area contributed by atoms with E-state index in [1.807, 2.05) is 0 Å². The Bertz CT molecular complexity index is 369. The Morgan fingerprint density at radius 3 is 2.71 bits per heavy atom. The van der Waals surface area contributed by atoms with Crippen LogP contribution in [-0.2, 0) is 14.4 Å². The molecule has 2 rings (SSSR count). The number of hydrogen-bond acceptors (Lipinski definition) is 3. The molecule has 0 aromatic heterocycles. The lowest BCUT2D eigenvalue weighted by atomic mass is 9.89. The van der Waals surface area contributed by atoms with E-state index in [1.165, 1.54) is 0 Å².